The van der Waals surface area contributed by atoms with Gasteiger partial charge in [-0.15, -0.1) is 0 Å². The van der Waals surface area contributed by atoms with Crippen LogP contribution >= 0.6 is 0 Å². The minimum absolute atomic E-state index is 0.0204. The Hall–Kier alpha value is -1.59. The molecule has 26 heavy (non-hydrogen) atoms. The van der Waals surface area contributed by atoms with E-state index in [1.54, 1.807) is 13.8 Å². The van der Waals surface area contributed by atoms with Crippen molar-refractivity contribution in [1.82, 2.24) is 5.32 Å². The van der Waals surface area contributed by atoms with Gasteiger partial charge in [-0.1, -0.05) is 58.3 Å². The molecule has 2 N–H and O–H groups in total. The number of carbonyl (C=O) groups excluding carboxylic acids is 2. The predicted molar refractivity (Wildman–Crippen MR) is 102 cm³/mol. The van der Waals surface area contributed by atoms with Gasteiger partial charge in [-0.3, -0.25) is 9.59 Å². The molecule has 6 heteroatoms. The van der Waals surface area contributed by atoms with E-state index in [9.17, 15) is 19.5 Å². The number of ether oxygens (including phenoxy) is 1. The second kappa shape index (κ2) is 15.6. The van der Waals surface area contributed by atoms with Crippen LogP contribution in [-0.2, 0) is 19.1 Å². The number of esters is 1. The maximum absolute atomic E-state index is 11.9. The number of amides is 1. The highest BCUT2D eigenvalue weighted by Crippen LogP contribution is 2.10. The fourth-order valence-corrected chi connectivity index (χ4v) is 2.70. The summed E-state index contributed by atoms with van der Waals surface area (Å²) < 4.78 is 4.97. The molecule has 6 nitrogen and oxygen atoms in total. The maximum atomic E-state index is 11.9. The van der Waals surface area contributed by atoms with Gasteiger partial charge >= 0.3 is 11.9 Å². The highest BCUT2D eigenvalue weighted by atomic mass is 16.5. The van der Waals surface area contributed by atoms with Crippen molar-refractivity contribution in [3.8, 4) is 0 Å². The van der Waals surface area contributed by atoms with Crippen molar-refractivity contribution >= 4 is 17.8 Å². The largest absolute Gasteiger partial charge is 0.480 e. The Morgan fingerprint density at radius 2 is 1.42 bits per heavy atom. The van der Waals surface area contributed by atoms with Crippen LogP contribution in [0.5, 0.6) is 0 Å². The van der Waals surface area contributed by atoms with Crippen LogP contribution in [0, 0.1) is 0 Å². The number of hydrogen-bond acceptors (Lipinski definition) is 4. The summed E-state index contributed by atoms with van der Waals surface area (Å²) in [7, 11) is 0. The molecular formula is C20H37NO5. The topological polar surface area (TPSA) is 92.7 Å². The highest BCUT2D eigenvalue weighted by Gasteiger charge is 2.21. The number of nitrogens with one attached hydrogen (secondary N) is 1. The van der Waals surface area contributed by atoms with Crippen molar-refractivity contribution < 1.29 is 24.2 Å². The third-order valence-corrected chi connectivity index (χ3v) is 4.14. The molecular weight excluding hydrogens is 334 g/mol. The van der Waals surface area contributed by atoms with Gasteiger partial charge in [0, 0.05) is 12.8 Å². The van der Waals surface area contributed by atoms with Crippen LogP contribution in [0.1, 0.15) is 97.8 Å². The summed E-state index contributed by atoms with van der Waals surface area (Å²) in [5, 5.41) is 11.7. The molecule has 0 aromatic heterocycles. The van der Waals surface area contributed by atoms with E-state index in [2.05, 4.69) is 12.2 Å². The monoisotopic (exact) mass is 371 g/mol. The van der Waals surface area contributed by atoms with E-state index in [-0.39, 0.29) is 24.9 Å². The van der Waals surface area contributed by atoms with Crippen molar-refractivity contribution in [3.05, 3.63) is 0 Å². The fraction of sp³-hybridized carbons (Fsp3) is 0.850. The Labute approximate surface area is 158 Å². The predicted octanol–water partition coefficient (Wildman–Crippen LogP) is 4.21. The van der Waals surface area contributed by atoms with Crippen LogP contribution in [0.3, 0.4) is 0 Å². The lowest BCUT2D eigenvalue weighted by molar-refractivity contribution is -0.148. The van der Waals surface area contributed by atoms with Gasteiger partial charge in [0.1, 0.15) is 6.04 Å². The van der Waals surface area contributed by atoms with Crippen LogP contribution in [0.2, 0.25) is 0 Å². The zero-order valence-corrected chi connectivity index (χ0v) is 16.7. The fourth-order valence-electron chi connectivity index (χ4n) is 2.70. The highest BCUT2D eigenvalue weighted by molar-refractivity contribution is 5.84. The molecule has 0 aromatic carbocycles. The molecule has 0 unspecified atom stereocenters. The number of aliphatic carboxylic acids is 1. The van der Waals surface area contributed by atoms with E-state index >= 15 is 0 Å². The molecule has 0 aliphatic carbocycles. The van der Waals surface area contributed by atoms with E-state index in [1.807, 2.05) is 0 Å². The minimum Gasteiger partial charge on any atom is -0.480 e. The molecule has 0 rings (SSSR count). The van der Waals surface area contributed by atoms with Crippen molar-refractivity contribution in [3.63, 3.8) is 0 Å². The molecule has 152 valence electrons. The standard InChI is InChI=1S/C20H37NO5/c1-4-5-6-7-8-9-10-11-12-13-18(22)21-17(20(24)25)14-15-19(23)26-16(2)3/h16-17H,4-15H2,1-3H3,(H,21,22)(H,24,25)/t17-/m1/s1. The minimum atomic E-state index is -1.12. The molecule has 0 spiro atoms. The van der Waals surface area contributed by atoms with Crippen LogP contribution in [-0.4, -0.2) is 35.1 Å². The summed E-state index contributed by atoms with van der Waals surface area (Å²) >= 11 is 0. The van der Waals surface area contributed by atoms with Gasteiger partial charge in [0.25, 0.3) is 0 Å². The first kappa shape index (κ1) is 24.4. The van der Waals surface area contributed by atoms with E-state index in [1.165, 1.54) is 38.5 Å². The third kappa shape index (κ3) is 14.7. The zero-order valence-electron chi connectivity index (χ0n) is 16.7. The van der Waals surface area contributed by atoms with E-state index in [0.717, 1.165) is 19.3 Å². The Kier molecular flexibility index (Phi) is 14.7. The molecule has 0 aliphatic rings. The summed E-state index contributed by atoms with van der Waals surface area (Å²) in [6.07, 6.45) is 10.6. The zero-order chi connectivity index (χ0) is 19.8. The average Bonchev–Trinajstić information content (AvgIpc) is 2.56. The molecule has 0 bridgehead atoms. The Morgan fingerprint density at radius 1 is 0.885 bits per heavy atom. The first-order chi connectivity index (χ1) is 12.4. The van der Waals surface area contributed by atoms with Crippen molar-refractivity contribution in [2.75, 3.05) is 0 Å². The van der Waals surface area contributed by atoms with Gasteiger partial charge in [0.2, 0.25) is 5.91 Å². The molecule has 1 atom stereocenters. The van der Waals surface area contributed by atoms with Crippen LogP contribution in [0.25, 0.3) is 0 Å². The molecule has 0 saturated carbocycles. The van der Waals surface area contributed by atoms with Gasteiger partial charge in [-0.05, 0) is 26.7 Å². The van der Waals surface area contributed by atoms with E-state index < -0.39 is 18.0 Å². The number of rotatable bonds is 16. The Morgan fingerprint density at radius 3 is 1.92 bits per heavy atom. The van der Waals surface area contributed by atoms with Crippen molar-refractivity contribution in [2.45, 2.75) is 110 Å². The summed E-state index contributed by atoms with van der Waals surface area (Å²) in [6.45, 7) is 5.68. The summed E-state index contributed by atoms with van der Waals surface area (Å²) in [6, 6.07) is -1.04. The van der Waals surface area contributed by atoms with Crippen LogP contribution in [0.15, 0.2) is 0 Å². The molecule has 0 fully saturated rings. The second-order valence-corrected chi connectivity index (χ2v) is 7.11. The summed E-state index contributed by atoms with van der Waals surface area (Å²) in [5.74, 6) is -1.83. The van der Waals surface area contributed by atoms with Gasteiger partial charge in [0.15, 0.2) is 0 Å². The number of carboxylic acids is 1. The number of unbranched alkanes of at least 4 members (excludes halogenated alkanes) is 8. The maximum Gasteiger partial charge on any atom is 0.326 e. The molecule has 1 amide bonds. The average molecular weight is 372 g/mol. The van der Waals surface area contributed by atoms with Gasteiger partial charge in [-0.25, -0.2) is 4.79 Å². The van der Waals surface area contributed by atoms with Gasteiger partial charge in [-0.2, -0.15) is 0 Å². The lowest BCUT2D eigenvalue weighted by atomic mass is 10.1. The molecule has 0 aromatic rings. The Balaban J connectivity index is 3.84. The summed E-state index contributed by atoms with van der Waals surface area (Å²) in [5.41, 5.74) is 0. The second-order valence-electron chi connectivity index (χ2n) is 7.11. The smallest absolute Gasteiger partial charge is 0.326 e. The first-order valence-corrected chi connectivity index (χ1v) is 10.1. The molecule has 0 radical (unpaired) electrons. The quantitative estimate of drug-likeness (QED) is 0.313. The Bertz CT molecular complexity index is 409. The number of carbonyl (C=O) groups is 3. The van der Waals surface area contributed by atoms with Crippen molar-refractivity contribution in [1.29, 1.82) is 0 Å². The van der Waals surface area contributed by atoms with Gasteiger partial charge < -0.3 is 15.2 Å². The van der Waals surface area contributed by atoms with E-state index in [4.69, 9.17) is 4.74 Å². The number of carboxylic acid groups (broad SMARTS) is 1. The van der Waals surface area contributed by atoms with E-state index in [0.29, 0.717) is 6.42 Å². The first-order valence-electron chi connectivity index (χ1n) is 10.1. The lowest BCUT2D eigenvalue weighted by Crippen LogP contribution is -2.41. The number of hydrogen-bond donors (Lipinski definition) is 2. The molecule has 0 saturated heterocycles. The molecule has 0 aliphatic heterocycles. The summed E-state index contributed by atoms with van der Waals surface area (Å²) in [4.78, 5) is 34.6. The lowest BCUT2D eigenvalue weighted by Gasteiger charge is -2.15. The molecule has 0 heterocycles. The SMILES string of the molecule is CCCCCCCCCCCC(=O)N[C@H](CCC(=O)OC(C)C)C(=O)O. The van der Waals surface area contributed by atoms with Crippen LogP contribution in [0.4, 0.5) is 0 Å². The van der Waals surface area contributed by atoms with Crippen LogP contribution < -0.4 is 5.32 Å². The van der Waals surface area contributed by atoms with Crippen molar-refractivity contribution in [2.24, 2.45) is 0 Å². The normalized spacial score (nSPS) is 12.0. The third-order valence-electron chi connectivity index (χ3n) is 4.14. The van der Waals surface area contributed by atoms with Gasteiger partial charge in [0.05, 0.1) is 6.10 Å².